The van der Waals surface area contributed by atoms with E-state index >= 15 is 0 Å². The second-order valence-electron chi connectivity index (χ2n) is 4.90. The molecule has 0 radical (unpaired) electrons. The highest BCUT2D eigenvalue weighted by Gasteiger charge is 1.99. The van der Waals surface area contributed by atoms with Gasteiger partial charge in [0, 0.05) is 31.9 Å². The van der Waals surface area contributed by atoms with E-state index < -0.39 is 0 Å². The molecule has 0 aliphatic heterocycles. The van der Waals surface area contributed by atoms with Crippen LogP contribution in [0.4, 0.5) is 5.69 Å². The molecule has 0 fully saturated rings. The maximum atomic E-state index is 3.45. The molecule has 0 aliphatic carbocycles. The summed E-state index contributed by atoms with van der Waals surface area (Å²) in [6, 6.07) is 8.51. The summed E-state index contributed by atoms with van der Waals surface area (Å²) >= 11 is 0. The normalized spacial score (nSPS) is 11.2. The number of likely N-dealkylation sites (N-methyl/N-ethyl adjacent to an activating group) is 2. The molecule has 96 valence electrons. The Morgan fingerprint density at radius 3 is 2.47 bits per heavy atom. The van der Waals surface area contributed by atoms with Crippen LogP contribution >= 0.6 is 0 Å². The zero-order valence-corrected chi connectivity index (χ0v) is 11.5. The summed E-state index contributed by atoms with van der Waals surface area (Å²) < 4.78 is 0. The van der Waals surface area contributed by atoms with Crippen molar-refractivity contribution < 1.29 is 0 Å². The van der Waals surface area contributed by atoms with E-state index in [9.17, 15) is 0 Å². The monoisotopic (exact) mass is 235 g/mol. The Balaban J connectivity index is 2.19. The molecule has 0 saturated heterocycles. The molecule has 0 heterocycles. The second kappa shape index (κ2) is 7.30. The van der Waals surface area contributed by atoms with Crippen molar-refractivity contribution in [2.24, 2.45) is 0 Å². The van der Waals surface area contributed by atoms with Gasteiger partial charge >= 0.3 is 0 Å². The Morgan fingerprint density at radius 2 is 1.82 bits per heavy atom. The Kier molecular flexibility index (Phi) is 6.01. The SMILES string of the molecule is Cc1cccc(NCCN(C)CCN(C)C)c1. The summed E-state index contributed by atoms with van der Waals surface area (Å²) in [6.07, 6.45) is 0. The molecule has 0 unspecified atom stereocenters. The topological polar surface area (TPSA) is 18.5 Å². The predicted molar refractivity (Wildman–Crippen MR) is 75.7 cm³/mol. The van der Waals surface area contributed by atoms with Gasteiger partial charge in [-0.25, -0.2) is 0 Å². The van der Waals surface area contributed by atoms with Crippen LogP contribution in [0.15, 0.2) is 24.3 Å². The van der Waals surface area contributed by atoms with Crippen LogP contribution in [0.1, 0.15) is 5.56 Å². The maximum absolute atomic E-state index is 3.45. The molecule has 3 heteroatoms. The van der Waals surface area contributed by atoms with Gasteiger partial charge in [0.1, 0.15) is 0 Å². The van der Waals surface area contributed by atoms with Crippen molar-refractivity contribution in [3.63, 3.8) is 0 Å². The number of benzene rings is 1. The molecular weight excluding hydrogens is 210 g/mol. The molecule has 0 amide bonds. The van der Waals surface area contributed by atoms with Crippen LogP contribution < -0.4 is 5.32 Å². The first-order chi connectivity index (χ1) is 8.08. The molecule has 1 aromatic rings. The fourth-order valence-electron chi connectivity index (χ4n) is 1.63. The van der Waals surface area contributed by atoms with Gasteiger partial charge in [0.05, 0.1) is 0 Å². The van der Waals surface area contributed by atoms with Gasteiger partial charge < -0.3 is 15.1 Å². The number of hydrogen-bond donors (Lipinski definition) is 1. The first kappa shape index (κ1) is 14.0. The van der Waals surface area contributed by atoms with Crippen molar-refractivity contribution in [2.45, 2.75) is 6.92 Å². The van der Waals surface area contributed by atoms with Gasteiger partial charge in [-0.1, -0.05) is 12.1 Å². The highest BCUT2D eigenvalue weighted by atomic mass is 15.2. The van der Waals surface area contributed by atoms with Gasteiger partial charge in [-0.2, -0.15) is 0 Å². The van der Waals surface area contributed by atoms with Crippen LogP contribution in [0, 0.1) is 6.92 Å². The van der Waals surface area contributed by atoms with E-state index in [0.717, 1.165) is 26.2 Å². The fraction of sp³-hybridized carbons (Fsp3) is 0.571. The minimum absolute atomic E-state index is 0.993. The van der Waals surface area contributed by atoms with Crippen LogP contribution in [0.5, 0.6) is 0 Å². The lowest BCUT2D eigenvalue weighted by atomic mass is 10.2. The number of aryl methyl sites for hydroxylation is 1. The Hall–Kier alpha value is -1.06. The smallest absolute Gasteiger partial charge is 0.0343 e. The molecule has 0 atom stereocenters. The fourth-order valence-corrected chi connectivity index (χ4v) is 1.63. The third-order valence-corrected chi connectivity index (χ3v) is 2.77. The summed E-state index contributed by atoms with van der Waals surface area (Å²) in [7, 11) is 6.39. The van der Waals surface area contributed by atoms with E-state index in [1.807, 2.05) is 0 Å². The number of rotatable bonds is 7. The Labute approximate surface area is 105 Å². The van der Waals surface area contributed by atoms with E-state index in [2.05, 4.69) is 67.4 Å². The molecule has 0 spiro atoms. The standard InChI is InChI=1S/C14H25N3/c1-13-6-5-7-14(12-13)15-8-9-17(4)11-10-16(2)3/h5-7,12,15H,8-11H2,1-4H3. The Bertz CT molecular complexity index is 323. The van der Waals surface area contributed by atoms with Crippen molar-refractivity contribution in [3.05, 3.63) is 29.8 Å². The van der Waals surface area contributed by atoms with Gasteiger partial charge in [0.15, 0.2) is 0 Å². The van der Waals surface area contributed by atoms with E-state index in [4.69, 9.17) is 0 Å². The quantitative estimate of drug-likeness (QED) is 0.779. The van der Waals surface area contributed by atoms with Crippen molar-refractivity contribution in [2.75, 3.05) is 52.6 Å². The zero-order chi connectivity index (χ0) is 12.7. The lowest BCUT2D eigenvalue weighted by Crippen LogP contribution is -2.32. The number of nitrogens with one attached hydrogen (secondary N) is 1. The minimum Gasteiger partial charge on any atom is -0.384 e. The van der Waals surface area contributed by atoms with E-state index in [1.54, 1.807) is 0 Å². The first-order valence-corrected chi connectivity index (χ1v) is 6.22. The van der Waals surface area contributed by atoms with Crippen molar-refractivity contribution >= 4 is 5.69 Å². The van der Waals surface area contributed by atoms with Gasteiger partial charge in [-0.3, -0.25) is 0 Å². The average molecular weight is 235 g/mol. The summed E-state index contributed by atoms with van der Waals surface area (Å²) in [6.45, 7) is 6.41. The molecule has 1 N–H and O–H groups in total. The van der Waals surface area contributed by atoms with E-state index in [0.29, 0.717) is 0 Å². The molecular formula is C14H25N3. The third-order valence-electron chi connectivity index (χ3n) is 2.77. The molecule has 0 saturated carbocycles. The molecule has 3 nitrogen and oxygen atoms in total. The molecule has 0 bridgehead atoms. The van der Waals surface area contributed by atoms with Gasteiger partial charge in [0.25, 0.3) is 0 Å². The largest absolute Gasteiger partial charge is 0.384 e. The maximum Gasteiger partial charge on any atom is 0.0343 e. The van der Waals surface area contributed by atoms with E-state index in [-0.39, 0.29) is 0 Å². The van der Waals surface area contributed by atoms with Gasteiger partial charge in [-0.15, -0.1) is 0 Å². The first-order valence-electron chi connectivity index (χ1n) is 6.22. The van der Waals surface area contributed by atoms with E-state index in [1.165, 1.54) is 11.3 Å². The summed E-state index contributed by atoms with van der Waals surface area (Å²) in [5.41, 5.74) is 2.52. The van der Waals surface area contributed by atoms with Crippen molar-refractivity contribution in [1.29, 1.82) is 0 Å². The minimum atomic E-state index is 0.993. The zero-order valence-electron chi connectivity index (χ0n) is 11.5. The van der Waals surface area contributed by atoms with Crippen LogP contribution in [0.2, 0.25) is 0 Å². The Morgan fingerprint density at radius 1 is 1.06 bits per heavy atom. The molecule has 0 aromatic heterocycles. The van der Waals surface area contributed by atoms with Crippen LogP contribution in [0.25, 0.3) is 0 Å². The van der Waals surface area contributed by atoms with Gasteiger partial charge in [0.2, 0.25) is 0 Å². The second-order valence-corrected chi connectivity index (χ2v) is 4.90. The number of hydrogen-bond acceptors (Lipinski definition) is 3. The van der Waals surface area contributed by atoms with Crippen molar-refractivity contribution in [1.82, 2.24) is 9.80 Å². The highest BCUT2D eigenvalue weighted by Crippen LogP contribution is 2.08. The average Bonchev–Trinajstić information content (AvgIpc) is 2.26. The summed E-state index contributed by atoms with van der Waals surface area (Å²) in [5.74, 6) is 0. The lowest BCUT2D eigenvalue weighted by molar-refractivity contribution is 0.289. The lowest BCUT2D eigenvalue weighted by Gasteiger charge is -2.19. The molecule has 0 aliphatic rings. The highest BCUT2D eigenvalue weighted by molar-refractivity contribution is 5.45. The molecule has 17 heavy (non-hydrogen) atoms. The summed E-state index contributed by atoms with van der Waals surface area (Å²) in [5, 5.41) is 3.45. The predicted octanol–water partition coefficient (Wildman–Crippen LogP) is 1.90. The molecule has 1 aromatic carbocycles. The van der Waals surface area contributed by atoms with Gasteiger partial charge in [-0.05, 0) is 45.8 Å². The number of anilines is 1. The van der Waals surface area contributed by atoms with Crippen LogP contribution in [-0.2, 0) is 0 Å². The number of nitrogens with zero attached hydrogens (tertiary/aromatic N) is 2. The molecule has 1 rings (SSSR count). The third kappa shape index (κ3) is 6.29. The summed E-state index contributed by atoms with van der Waals surface area (Å²) in [4.78, 5) is 4.56. The van der Waals surface area contributed by atoms with Crippen LogP contribution in [0.3, 0.4) is 0 Å². The van der Waals surface area contributed by atoms with Crippen LogP contribution in [-0.4, -0.2) is 57.1 Å². The van der Waals surface area contributed by atoms with Crippen molar-refractivity contribution in [3.8, 4) is 0 Å².